The number of hydrogen-bond donors (Lipinski definition) is 1. The summed E-state index contributed by atoms with van der Waals surface area (Å²) in [5.41, 5.74) is 6.70. The van der Waals surface area contributed by atoms with Gasteiger partial charge in [0.1, 0.15) is 0 Å². The summed E-state index contributed by atoms with van der Waals surface area (Å²) in [5, 5.41) is 0. The predicted octanol–water partition coefficient (Wildman–Crippen LogP) is 3.25. The van der Waals surface area contributed by atoms with Crippen LogP contribution in [-0.2, 0) is 4.74 Å². The van der Waals surface area contributed by atoms with Crippen molar-refractivity contribution in [2.45, 2.75) is 6.92 Å². The summed E-state index contributed by atoms with van der Waals surface area (Å²) in [4.78, 5) is 11.7. The van der Waals surface area contributed by atoms with Gasteiger partial charge in [0.05, 0.1) is 25.0 Å². The lowest BCUT2D eigenvalue weighted by molar-refractivity contribution is 0.0526. The van der Waals surface area contributed by atoms with Crippen molar-refractivity contribution in [1.29, 1.82) is 0 Å². The molecule has 0 spiro atoms. The highest BCUT2D eigenvalue weighted by Gasteiger charge is 2.12. The maximum atomic E-state index is 11.7. The number of para-hydroxylation sites is 2. The van der Waals surface area contributed by atoms with Gasteiger partial charge in [-0.15, -0.1) is 0 Å². The summed E-state index contributed by atoms with van der Waals surface area (Å²) in [6, 6.07) is 12.0. The van der Waals surface area contributed by atoms with Gasteiger partial charge in [-0.05, 0) is 37.3 Å². The van der Waals surface area contributed by atoms with E-state index in [9.17, 15) is 4.79 Å². The third-order valence-electron chi connectivity index (χ3n) is 2.81. The second-order valence-corrected chi connectivity index (χ2v) is 4.23. The summed E-state index contributed by atoms with van der Waals surface area (Å²) in [6.07, 6.45) is 0. The molecule has 0 fully saturated rings. The number of ether oxygens (including phenoxy) is 3. The molecule has 0 aliphatic rings. The van der Waals surface area contributed by atoms with Crippen LogP contribution in [0.3, 0.4) is 0 Å². The molecule has 0 aliphatic heterocycles. The molecule has 110 valence electrons. The molecule has 0 radical (unpaired) electrons. The summed E-state index contributed by atoms with van der Waals surface area (Å²) >= 11 is 0. The molecule has 5 nitrogen and oxygen atoms in total. The molecule has 0 saturated carbocycles. The highest BCUT2D eigenvalue weighted by Crippen LogP contribution is 2.34. The van der Waals surface area contributed by atoms with Crippen LogP contribution in [0.25, 0.3) is 0 Å². The third kappa shape index (κ3) is 3.45. The first-order valence-corrected chi connectivity index (χ1v) is 6.53. The lowest BCUT2D eigenvalue weighted by Gasteiger charge is -2.12. The van der Waals surface area contributed by atoms with Gasteiger partial charge in [-0.1, -0.05) is 12.1 Å². The molecule has 21 heavy (non-hydrogen) atoms. The zero-order valence-corrected chi connectivity index (χ0v) is 12.0. The normalized spacial score (nSPS) is 10.0. The minimum Gasteiger partial charge on any atom is -0.493 e. The molecule has 0 aromatic heterocycles. The highest BCUT2D eigenvalue weighted by atomic mass is 16.5. The van der Waals surface area contributed by atoms with Crippen LogP contribution in [0.5, 0.6) is 17.2 Å². The lowest BCUT2D eigenvalue weighted by atomic mass is 10.2. The Morgan fingerprint density at radius 1 is 1.10 bits per heavy atom. The van der Waals surface area contributed by atoms with E-state index in [4.69, 9.17) is 19.9 Å². The fourth-order valence-corrected chi connectivity index (χ4v) is 1.79. The first kappa shape index (κ1) is 14.7. The van der Waals surface area contributed by atoms with Crippen molar-refractivity contribution < 1.29 is 19.0 Å². The Bertz CT molecular complexity index is 640. The summed E-state index contributed by atoms with van der Waals surface area (Å²) in [7, 11) is 1.56. The number of nitrogens with two attached hydrogens (primary N) is 1. The quantitative estimate of drug-likeness (QED) is 0.675. The smallest absolute Gasteiger partial charge is 0.338 e. The number of anilines is 1. The Kier molecular flexibility index (Phi) is 4.66. The number of carbonyl (C=O) groups excluding carboxylic acids is 1. The topological polar surface area (TPSA) is 70.8 Å². The van der Waals surface area contributed by atoms with Crippen molar-refractivity contribution in [3.8, 4) is 17.2 Å². The second kappa shape index (κ2) is 6.65. The molecule has 0 unspecified atom stereocenters. The van der Waals surface area contributed by atoms with Gasteiger partial charge < -0.3 is 19.9 Å². The van der Waals surface area contributed by atoms with Gasteiger partial charge in [-0.3, -0.25) is 0 Å². The molecule has 0 saturated heterocycles. The van der Waals surface area contributed by atoms with Crippen molar-refractivity contribution in [3.05, 3.63) is 48.0 Å². The van der Waals surface area contributed by atoms with E-state index >= 15 is 0 Å². The van der Waals surface area contributed by atoms with Gasteiger partial charge in [0, 0.05) is 0 Å². The second-order valence-electron chi connectivity index (χ2n) is 4.23. The Hall–Kier alpha value is -2.69. The zero-order valence-electron chi connectivity index (χ0n) is 12.0. The Labute approximate surface area is 123 Å². The number of benzene rings is 2. The molecule has 0 atom stereocenters. The van der Waals surface area contributed by atoms with Crippen LogP contribution in [0.2, 0.25) is 0 Å². The van der Waals surface area contributed by atoms with Crippen molar-refractivity contribution in [3.63, 3.8) is 0 Å². The van der Waals surface area contributed by atoms with Gasteiger partial charge >= 0.3 is 5.97 Å². The fraction of sp³-hybridized carbons (Fsp3) is 0.188. The molecule has 0 heterocycles. The fourth-order valence-electron chi connectivity index (χ4n) is 1.79. The monoisotopic (exact) mass is 287 g/mol. The van der Waals surface area contributed by atoms with E-state index in [0.717, 1.165) is 0 Å². The van der Waals surface area contributed by atoms with E-state index in [-0.39, 0.29) is 0 Å². The minimum absolute atomic E-state index is 0.311. The van der Waals surface area contributed by atoms with Gasteiger partial charge in [-0.25, -0.2) is 4.79 Å². The molecule has 0 amide bonds. The van der Waals surface area contributed by atoms with Gasteiger partial charge in [0.2, 0.25) is 0 Å². The predicted molar refractivity (Wildman–Crippen MR) is 79.9 cm³/mol. The minimum atomic E-state index is -0.414. The van der Waals surface area contributed by atoms with E-state index in [1.165, 1.54) is 0 Å². The van der Waals surface area contributed by atoms with E-state index in [1.807, 2.05) is 12.1 Å². The number of methoxy groups -OCH3 is 1. The standard InChI is InChI=1S/C16H17NO4/c1-3-20-16(18)11-8-9-12(17)15(10-11)21-14-7-5-4-6-13(14)19-2/h4-10H,3,17H2,1-2H3. The Morgan fingerprint density at radius 3 is 2.48 bits per heavy atom. The van der Waals surface area contributed by atoms with Crippen LogP contribution in [0.4, 0.5) is 5.69 Å². The lowest BCUT2D eigenvalue weighted by Crippen LogP contribution is -2.05. The third-order valence-corrected chi connectivity index (χ3v) is 2.81. The van der Waals surface area contributed by atoms with Crippen molar-refractivity contribution in [1.82, 2.24) is 0 Å². The van der Waals surface area contributed by atoms with Crippen LogP contribution in [0.15, 0.2) is 42.5 Å². The average Bonchev–Trinajstić information content (AvgIpc) is 2.50. The first-order valence-electron chi connectivity index (χ1n) is 6.53. The Morgan fingerprint density at radius 2 is 1.81 bits per heavy atom. The molecule has 2 aromatic carbocycles. The van der Waals surface area contributed by atoms with Crippen LogP contribution < -0.4 is 15.2 Å². The van der Waals surface area contributed by atoms with Crippen molar-refractivity contribution in [2.24, 2.45) is 0 Å². The summed E-state index contributed by atoms with van der Waals surface area (Å²) in [6.45, 7) is 2.06. The number of nitrogen functional groups attached to an aromatic ring is 1. The molecule has 0 aliphatic carbocycles. The van der Waals surface area contributed by atoms with E-state index in [1.54, 1.807) is 44.4 Å². The van der Waals surface area contributed by atoms with Crippen LogP contribution >= 0.6 is 0 Å². The molecule has 5 heteroatoms. The van der Waals surface area contributed by atoms with E-state index in [0.29, 0.717) is 35.1 Å². The maximum absolute atomic E-state index is 11.7. The molecule has 0 bridgehead atoms. The van der Waals surface area contributed by atoms with Gasteiger partial charge in [0.25, 0.3) is 0 Å². The maximum Gasteiger partial charge on any atom is 0.338 e. The molecular formula is C16H17NO4. The number of hydrogen-bond acceptors (Lipinski definition) is 5. The Balaban J connectivity index is 2.31. The van der Waals surface area contributed by atoms with Crippen LogP contribution in [-0.4, -0.2) is 19.7 Å². The SMILES string of the molecule is CCOC(=O)c1ccc(N)c(Oc2ccccc2OC)c1. The van der Waals surface area contributed by atoms with Gasteiger partial charge in [0.15, 0.2) is 17.2 Å². The van der Waals surface area contributed by atoms with Crippen molar-refractivity contribution in [2.75, 3.05) is 19.5 Å². The number of carbonyl (C=O) groups is 1. The van der Waals surface area contributed by atoms with Crippen LogP contribution in [0, 0.1) is 0 Å². The molecule has 2 rings (SSSR count). The summed E-state index contributed by atoms with van der Waals surface area (Å²) in [5.74, 6) is 1.07. The largest absolute Gasteiger partial charge is 0.493 e. The summed E-state index contributed by atoms with van der Waals surface area (Å²) < 4.78 is 15.9. The van der Waals surface area contributed by atoms with Gasteiger partial charge in [-0.2, -0.15) is 0 Å². The number of esters is 1. The number of rotatable bonds is 5. The molecule has 2 N–H and O–H groups in total. The molecule has 2 aromatic rings. The molecular weight excluding hydrogens is 270 g/mol. The van der Waals surface area contributed by atoms with Crippen LogP contribution in [0.1, 0.15) is 17.3 Å². The van der Waals surface area contributed by atoms with E-state index < -0.39 is 5.97 Å². The van der Waals surface area contributed by atoms with Crippen molar-refractivity contribution >= 4 is 11.7 Å². The van der Waals surface area contributed by atoms with E-state index in [2.05, 4.69) is 0 Å². The average molecular weight is 287 g/mol. The first-order chi connectivity index (χ1) is 10.2. The zero-order chi connectivity index (χ0) is 15.2. The highest BCUT2D eigenvalue weighted by molar-refractivity contribution is 5.90.